The molecule has 0 saturated heterocycles. The Labute approximate surface area is 266 Å². The van der Waals surface area contributed by atoms with Crippen LogP contribution >= 0.6 is 0 Å². The summed E-state index contributed by atoms with van der Waals surface area (Å²) in [5.74, 6) is 0.630. The number of para-hydroxylation sites is 3. The Morgan fingerprint density at radius 1 is 0.489 bits per heavy atom. The second-order valence-corrected chi connectivity index (χ2v) is 12.0. The van der Waals surface area contributed by atoms with Gasteiger partial charge in [0.1, 0.15) is 16.7 Å². The summed E-state index contributed by atoms with van der Waals surface area (Å²) in [6.07, 6.45) is 0. The summed E-state index contributed by atoms with van der Waals surface area (Å²) in [6.45, 7) is 0. The second-order valence-electron chi connectivity index (χ2n) is 12.0. The van der Waals surface area contributed by atoms with Gasteiger partial charge in [-0.3, -0.25) is 8.97 Å². The lowest BCUT2D eigenvalue weighted by Gasteiger charge is -2.11. The number of hydrogen-bond acceptors (Lipinski definition) is 4. The van der Waals surface area contributed by atoms with Crippen LogP contribution in [0.1, 0.15) is 0 Å². The van der Waals surface area contributed by atoms with Crippen molar-refractivity contribution in [1.29, 1.82) is 0 Å². The molecular formula is C41H23N5O. The molecule has 47 heavy (non-hydrogen) atoms. The predicted octanol–water partition coefficient (Wildman–Crippen LogP) is 10.2. The van der Waals surface area contributed by atoms with Gasteiger partial charge in [-0.05, 0) is 36.4 Å². The second kappa shape index (κ2) is 9.02. The van der Waals surface area contributed by atoms with Crippen LogP contribution in [0.3, 0.4) is 0 Å². The topological polar surface area (TPSA) is 61.2 Å². The van der Waals surface area contributed by atoms with Crippen LogP contribution in [-0.4, -0.2) is 23.9 Å². The van der Waals surface area contributed by atoms with Crippen molar-refractivity contribution < 1.29 is 4.42 Å². The summed E-state index contributed by atoms with van der Waals surface area (Å²) in [6, 6.07) is 48.1. The fourth-order valence-corrected chi connectivity index (χ4v) is 7.51. The van der Waals surface area contributed by atoms with Gasteiger partial charge in [-0.1, -0.05) is 103 Å². The highest BCUT2D eigenvalue weighted by Crippen LogP contribution is 2.42. The fourth-order valence-electron chi connectivity index (χ4n) is 7.51. The zero-order chi connectivity index (χ0) is 30.6. The first-order chi connectivity index (χ1) is 23.3. The summed E-state index contributed by atoms with van der Waals surface area (Å²) in [5.41, 5.74) is 10.5. The summed E-state index contributed by atoms with van der Waals surface area (Å²) >= 11 is 0. The maximum absolute atomic E-state index is 6.53. The highest BCUT2D eigenvalue weighted by atomic mass is 16.3. The predicted molar refractivity (Wildman–Crippen MR) is 190 cm³/mol. The van der Waals surface area contributed by atoms with Gasteiger partial charge in [0, 0.05) is 37.9 Å². The van der Waals surface area contributed by atoms with Crippen molar-refractivity contribution in [2.24, 2.45) is 0 Å². The molecule has 6 nitrogen and oxygen atoms in total. The Hall–Kier alpha value is -6.53. The monoisotopic (exact) mass is 601 g/mol. The Balaban J connectivity index is 1.31. The highest BCUT2D eigenvalue weighted by Gasteiger charge is 2.23. The van der Waals surface area contributed by atoms with Crippen LogP contribution in [0.15, 0.2) is 144 Å². The van der Waals surface area contributed by atoms with Gasteiger partial charge in [0.25, 0.3) is 0 Å². The van der Waals surface area contributed by atoms with E-state index in [2.05, 4.69) is 118 Å². The third kappa shape index (κ3) is 3.26. The molecule has 0 radical (unpaired) electrons. The minimum atomic E-state index is 0.630. The number of aromatic nitrogens is 5. The van der Waals surface area contributed by atoms with Crippen molar-refractivity contribution in [3.63, 3.8) is 0 Å². The van der Waals surface area contributed by atoms with E-state index in [0.29, 0.717) is 5.95 Å². The largest absolute Gasteiger partial charge is 0.454 e. The molecule has 5 aromatic heterocycles. The van der Waals surface area contributed by atoms with Gasteiger partial charge in [-0.2, -0.15) is 0 Å². The van der Waals surface area contributed by atoms with Crippen molar-refractivity contribution in [2.45, 2.75) is 0 Å². The first-order valence-electron chi connectivity index (χ1n) is 15.7. The molecule has 0 aliphatic carbocycles. The molecule has 0 fully saturated rings. The minimum absolute atomic E-state index is 0.630. The molecule has 0 atom stereocenters. The van der Waals surface area contributed by atoms with Crippen molar-refractivity contribution in [3.8, 4) is 17.2 Å². The van der Waals surface area contributed by atoms with Gasteiger partial charge < -0.3 is 4.42 Å². The molecule has 6 heteroatoms. The Morgan fingerprint density at radius 3 is 2.04 bits per heavy atom. The molecule has 0 aliphatic rings. The molecular weight excluding hydrogens is 578 g/mol. The average Bonchev–Trinajstić information content (AvgIpc) is 3.81. The zero-order valence-corrected chi connectivity index (χ0v) is 24.9. The molecule has 6 aromatic carbocycles. The quantitative estimate of drug-likeness (QED) is 0.198. The standard InChI is InChI=1S/C41H23N5O/c1-2-12-24(13-3-1)36-27-16-6-9-19-30(27)42-41(44-36)45-31-20-10-7-17-28(31)35-32(45)22-23-33-37(35)43-40-26-15-5-4-14-25(26)39-38(46(33)40)29-18-8-11-21-34(29)47-39/h1-23H. The number of nitrogens with zero attached hydrogens (tertiary/aromatic N) is 5. The maximum Gasteiger partial charge on any atom is 0.235 e. The van der Waals surface area contributed by atoms with Crippen LogP contribution in [0, 0.1) is 0 Å². The zero-order valence-electron chi connectivity index (χ0n) is 24.9. The van der Waals surface area contributed by atoms with E-state index in [1.54, 1.807) is 0 Å². The Kier molecular flexibility index (Phi) is 4.75. The number of rotatable bonds is 2. The third-order valence-corrected chi connectivity index (χ3v) is 9.50. The summed E-state index contributed by atoms with van der Waals surface area (Å²) < 4.78 is 11.0. The van der Waals surface area contributed by atoms with Gasteiger partial charge >= 0.3 is 0 Å². The van der Waals surface area contributed by atoms with Gasteiger partial charge in [0.05, 0.1) is 33.3 Å². The molecule has 0 bridgehead atoms. The van der Waals surface area contributed by atoms with Crippen molar-refractivity contribution in [1.82, 2.24) is 23.9 Å². The normalized spacial score (nSPS) is 12.3. The van der Waals surface area contributed by atoms with Crippen LogP contribution in [0.5, 0.6) is 0 Å². The number of imidazole rings is 1. The number of hydrogen-bond donors (Lipinski definition) is 0. The molecule has 0 spiro atoms. The van der Waals surface area contributed by atoms with Crippen molar-refractivity contribution in [2.75, 3.05) is 0 Å². The smallest absolute Gasteiger partial charge is 0.235 e. The minimum Gasteiger partial charge on any atom is -0.454 e. The van der Waals surface area contributed by atoms with E-state index in [9.17, 15) is 0 Å². The van der Waals surface area contributed by atoms with Crippen LogP contribution in [0.2, 0.25) is 0 Å². The Morgan fingerprint density at radius 2 is 1.17 bits per heavy atom. The maximum atomic E-state index is 6.53. The average molecular weight is 602 g/mol. The fraction of sp³-hybridized carbons (Fsp3) is 0. The molecule has 11 rings (SSSR count). The lowest BCUT2D eigenvalue weighted by Crippen LogP contribution is -2.03. The molecule has 218 valence electrons. The highest BCUT2D eigenvalue weighted by molar-refractivity contribution is 6.24. The van der Waals surface area contributed by atoms with Crippen LogP contribution in [0.4, 0.5) is 0 Å². The number of benzene rings is 6. The third-order valence-electron chi connectivity index (χ3n) is 9.50. The lowest BCUT2D eigenvalue weighted by molar-refractivity contribution is 0.672. The van der Waals surface area contributed by atoms with E-state index in [-0.39, 0.29) is 0 Å². The number of furan rings is 1. The van der Waals surface area contributed by atoms with Gasteiger partial charge in [0.2, 0.25) is 5.95 Å². The van der Waals surface area contributed by atoms with Crippen molar-refractivity contribution in [3.05, 3.63) is 140 Å². The summed E-state index contributed by atoms with van der Waals surface area (Å²) in [5, 5.41) is 6.37. The van der Waals surface area contributed by atoms with E-state index in [1.165, 1.54) is 0 Å². The van der Waals surface area contributed by atoms with Gasteiger partial charge in [-0.15, -0.1) is 0 Å². The first kappa shape index (κ1) is 24.8. The van der Waals surface area contributed by atoms with Gasteiger partial charge in [0.15, 0.2) is 5.58 Å². The van der Waals surface area contributed by atoms with Crippen LogP contribution in [-0.2, 0) is 0 Å². The van der Waals surface area contributed by atoms with E-state index < -0.39 is 0 Å². The van der Waals surface area contributed by atoms with E-state index >= 15 is 0 Å². The SMILES string of the molecule is c1ccc(-c2nc(-n3c4ccccc4c4c5nc6c7ccccc7c7oc8ccccc8c7n6c5ccc43)nc3ccccc23)cc1. The molecule has 0 amide bonds. The number of fused-ring (bicyclic) bond motifs is 15. The molecule has 0 aliphatic heterocycles. The number of pyridine rings is 1. The molecule has 0 unspecified atom stereocenters. The first-order valence-corrected chi connectivity index (χ1v) is 15.7. The van der Waals surface area contributed by atoms with E-state index in [4.69, 9.17) is 19.4 Å². The van der Waals surface area contributed by atoms with E-state index in [1.807, 2.05) is 30.3 Å². The molecule has 0 saturated carbocycles. The summed E-state index contributed by atoms with van der Waals surface area (Å²) in [4.78, 5) is 15.9. The van der Waals surface area contributed by atoms with Crippen molar-refractivity contribution >= 4 is 82.2 Å². The lowest BCUT2D eigenvalue weighted by atomic mass is 10.1. The van der Waals surface area contributed by atoms with E-state index in [0.717, 1.165) is 93.5 Å². The molecule has 0 N–H and O–H groups in total. The van der Waals surface area contributed by atoms with Crippen LogP contribution in [0.25, 0.3) is 99.4 Å². The molecule has 5 heterocycles. The summed E-state index contributed by atoms with van der Waals surface area (Å²) in [7, 11) is 0. The molecule has 11 aromatic rings. The Bertz CT molecular complexity index is 3080. The van der Waals surface area contributed by atoms with Crippen LogP contribution < -0.4 is 0 Å². The van der Waals surface area contributed by atoms with Gasteiger partial charge in [-0.25, -0.2) is 15.0 Å².